The molecule has 0 aromatic heterocycles. The molecule has 6 nitrogen and oxygen atoms in total. The van der Waals surface area contributed by atoms with Crippen molar-refractivity contribution >= 4 is 11.9 Å². The van der Waals surface area contributed by atoms with Gasteiger partial charge in [-0.05, 0) is 35.4 Å². The van der Waals surface area contributed by atoms with Gasteiger partial charge in [0.2, 0.25) is 0 Å². The molecule has 0 fully saturated rings. The Labute approximate surface area is 185 Å². The van der Waals surface area contributed by atoms with Crippen molar-refractivity contribution in [3.63, 3.8) is 0 Å². The number of aliphatic carboxylic acids is 1. The smallest absolute Gasteiger partial charge is 0.306 e. The van der Waals surface area contributed by atoms with Crippen molar-refractivity contribution in [3.8, 4) is 11.5 Å². The molecular weight excluding hydrogens is 396 g/mol. The number of methoxy groups -OCH3 is 3. The molecule has 0 bridgehead atoms. The van der Waals surface area contributed by atoms with Crippen LogP contribution < -0.4 is 9.47 Å². The Kier molecular flexibility index (Phi) is 9.56. The van der Waals surface area contributed by atoms with Gasteiger partial charge in [-0.2, -0.15) is 0 Å². The Morgan fingerprint density at radius 3 is 1.35 bits per heavy atom. The summed E-state index contributed by atoms with van der Waals surface area (Å²) in [5.74, 6) is 0.624. The second kappa shape index (κ2) is 11.4. The van der Waals surface area contributed by atoms with Crippen molar-refractivity contribution in [1.29, 1.82) is 0 Å². The SMILES string of the molecule is COC(=O)CC(C)(C)c1ccc(OC)cc1.COc1ccc(C(C)(C)CC(=O)O)cc1. The first-order chi connectivity index (χ1) is 14.4. The lowest BCUT2D eigenvalue weighted by Gasteiger charge is -2.23. The van der Waals surface area contributed by atoms with Crippen LogP contribution in [-0.4, -0.2) is 38.4 Å². The third kappa shape index (κ3) is 8.32. The number of carbonyl (C=O) groups excluding carboxylic acids is 1. The highest BCUT2D eigenvalue weighted by Crippen LogP contribution is 2.29. The van der Waals surface area contributed by atoms with E-state index in [2.05, 4.69) is 4.74 Å². The van der Waals surface area contributed by atoms with E-state index in [1.807, 2.05) is 76.2 Å². The molecule has 2 rings (SSSR count). The highest BCUT2D eigenvalue weighted by molar-refractivity contribution is 5.71. The fraction of sp³-hybridized carbons (Fsp3) is 0.440. The number of rotatable bonds is 8. The van der Waals surface area contributed by atoms with Crippen LogP contribution in [-0.2, 0) is 25.2 Å². The quantitative estimate of drug-likeness (QED) is 0.595. The van der Waals surface area contributed by atoms with Gasteiger partial charge in [-0.25, -0.2) is 0 Å². The lowest BCUT2D eigenvalue weighted by molar-refractivity contribution is -0.142. The van der Waals surface area contributed by atoms with Crippen molar-refractivity contribution < 1.29 is 28.9 Å². The predicted octanol–water partition coefficient (Wildman–Crippen LogP) is 4.98. The predicted molar refractivity (Wildman–Crippen MR) is 121 cm³/mol. The topological polar surface area (TPSA) is 82.1 Å². The van der Waals surface area contributed by atoms with Gasteiger partial charge in [0, 0.05) is 10.8 Å². The highest BCUT2D eigenvalue weighted by atomic mass is 16.5. The number of hydrogen-bond donors (Lipinski definition) is 1. The van der Waals surface area contributed by atoms with E-state index in [1.165, 1.54) is 7.11 Å². The van der Waals surface area contributed by atoms with Gasteiger partial charge in [-0.3, -0.25) is 9.59 Å². The maximum atomic E-state index is 11.3. The molecule has 6 heteroatoms. The summed E-state index contributed by atoms with van der Waals surface area (Å²) in [6.07, 6.45) is 0.495. The van der Waals surface area contributed by atoms with Gasteiger partial charge in [-0.15, -0.1) is 0 Å². The van der Waals surface area contributed by atoms with Gasteiger partial charge in [0.15, 0.2) is 0 Å². The summed E-state index contributed by atoms with van der Waals surface area (Å²) in [5.41, 5.74) is 1.53. The molecule has 2 aromatic carbocycles. The molecule has 0 aliphatic heterocycles. The number of benzene rings is 2. The molecule has 0 amide bonds. The Morgan fingerprint density at radius 2 is 1.06 bits per heavy atom. The molecule has 0 saturated heterocycles. The summed E-state index contributed by atoms with van der Waals surface area (Å²) in [5, 5.41) is 8.79. The first-order valence-corrected chi connectivity index (χ1v) is 10.0. The molecule has 170 valence electrons. The summed E-state index contributed by atoms with van der Waals surface area (Å²) in [4.78, 5) is 22.0. The zero-order valence-electron chi connectivity index (χ0n) is 19.5. The zero-order chi connectivity index (χ0) is 23.7. The van der Waals surface area contributed by atoms with Gasteiger partial charge >= 0.3 is 11.9 Å². The molecule has 31 heavy (non-hydrogen) atoms. The number of esters is 1. The van der Waals surface area contributed by atoms with Crippen molar-refractivity contribution in [2.24, 2.45) is 0 Å². The van der Waals surface area contributed by atoms with Crippen LogP contribution in [0.2, 0.25) is 0 Å². The van der Waals surface area contributed by atoms with Crippen LogP contribution in [0.4, 0.5) is 0 Å². The van der Waals surface area contributed by atoms with Crippen LogP contribution in [0.3, 0.4) is 0 Å². The molecule has 0 heterocycles. The van der Waals surface area contributed by atoms with Gasteiger partial charge in [0.05, 0.1) is 34.2 Å². The molecule has 0 atom stereocenters. The average molecular weight is 431 g/mol. The van der Waals surface area contributed by atoms with E-state index in [-0.39, 0.29) is 23.2 Å². The number of carboxylic acids is 1. The molecule has 0 radical (unpaired) electrons. The van der Waals surface area contributed by atoms with E-state index in [9.17, 15) is 9.59 Å². The minimum Gasteiger partial charge on any atom is -0.497 e. The maximum Gasteiger partial charge on any atom is 0.306 e. The van der Waals surface area contributed by atoms with Crippen molar-refractivity contribution in [2.45, 2.75) is 51.4 Å². The van der Waals surface area contributed by atoms with Gasteiger partial charge in [0.25, 0.3) is 0 Å². The molecule has 0 aliphatic carbocycles. The second-order valence-electron chi connectivity index (χ2n) is 8.55. The van der Waals surface area contributed by atoms with Crippen molar-refractivity contribution in [1.82, 2.24) is 0 Å². The van der Waals surface area contributed by atoms with Crippen LogP contribution in [0.25, 0.3) is 0 Å². The van der Waals surface area contributed by atoms with Gasteiger partial charge in [-0.1, -0.05) is 52.0 Å². The monoisotopic (exact) mass is 430 g/mol. The Morgan fingerprint density at radius 1 is 0.710 bits per heavy atom. The number of carboxylic acid groups (broad SMARTS) is 1. The van der Waals surface area contributed by atoms with Crippen LogP contribution in [0.1, 0.15) is 51.7 Å². The van der Waals surface area contributed by atoms with E-state index in [1.54, 1.807) is 14.2 Å². The minimum atomic E-state index is -0.782. The van der Waals surface area contributed by atoms with Crippen LogP contribution in [0, 0.1) is 0 Å². The average Bonchev–Trinajstić information content (AvgIpc) is 2.73. The summed E-state index contributed by atoms with van der Waals surface area (Å²) < 4.78 is 14.8. The molecule has 0 aliphatic rings. The molecule has 0 unspecified atom stereocenters. The Hall–Kier alpha value is -3.02. The number of carbonyl (C=O) groups is 2. The van der Waals surface area contributed by atoms with Crippen LogP contribution in [0.5, 0.6) is 11.5 Å². The third-order valence-corrected chi connectivity index (χ3v) is 5.15. The summed E-state index contributed by atoms with van der Waals surface area (Å²) in [6.45, 7) is 7.88. The second-order valence-corrected chi connectivity index (χ2v) is 8.55. The van der Waals surface area contributed by atoms with Gasteiger partial charge in [0.1, 0.15) is 11.5 Å². The van der Waals surface area contributed by atoms with Crippen LogP contribution in [0.15, 0.2) is 48.5 Å². The number of ether oxygens (including phenoxy) is 3. The van der Waals surface area contributed by atoms with E-state index in [0.29, 0.717) is 6.42 Å². The first-order valence-electron chi connectivity index (χ1n) is 10.0. The van der Waals surface area contributed by atoms with Crippen LogP contribution >= 0.6 is 0 Å². The third-order valence-electron chi connectivity index (χ3n) is 5.15. The van der Waals surface area contributed by atoms with E-state index >= 15 is 0 Å². The summed E-state index contributed by atoms with van der Waals surface area (Å²) in [7, 11) is 4.65. The first kappa shape index (κ1) is 26.0. The van der Waals surface area contributed by atoms with E-state index in [4.69, 9.17) is 14.6 Å². The summed E-state index contributed by atoms with van der Waals surface area (Å²) in [6, 6.07) is 15.2. The van der Waals surface area contributed by atoms with Crippen molar-refractivity contribution in [3.05, 3.63) is 59.7 Å². The maximum absolute atomic E-state index is 11.3. The lowest BCUT2D eigenvalue weighted by Crippen LogP contribution is -2.22. The standard InChI is InChI=1S/C13H18O3.C12H16O3/c1-13(2,9-12(14)16-4)10-5-7-11(15-3)8-6-10;1-12(2,8-11(13)14)9-4-6-10(15-3)7-5-9/h5-8H,9H2,1-4H3;4-7H,8H2,1-3H3,(H,13,14). The Balaban J connectivity index is 0.000000311. The highest BCUT2D eigenvalue weighted by Gasteiger charge is 2.25. The molecule has 0 spiro atoms. The van der Waals surface area contributed by atoms with Crippen molar-refractivity contribution in [2.75, 3.05) is 21.3 Å². The van der Waals surface area contributed by atoms with E-state index < -0.39 is 5.97 Å². The largest absolute Gasteiger partial charge is 0.497 e. The fourth-order valence-electron chi connectivity index (χ4n) is 3.10. The molecular formula is C25H34O6. The lowest BCUT2D eigenvalue weighted by atomic mass is 9.81. The molecule has 2 aromatic rings. The summed E-state index contributed by atoms with van der Waals surface area (Å²) >= 11 is 0. The fourth-order valence-corrected chi connectivity index (χ4v) is 3.10. The van der Waals surface area contributed by atoms with Gasteiger partial charge < -0.3 is 19.3 Å². The minimum absolute atomic E-state index is 0.124. The normalized spacial score (nSPS) is 11.1. The van der Waals surface area contributed by atoms with E-state index in [0.717, 1.165) is 22.6 Å². The Bertz CT molecular complexity index is 835. The molecule has 0 saturated carbocycles. The molecule has 1 N–H and O–H groups in total. The zero-order valence-corrected chi connectivity index (χ0v) is 19.5. The number of hydrogen-bond acceptors (Lipinski definition) is 5.